The Morgan fingerprint density at radius 2 is 1.07 bits per heavy atom. The first kappa shape index (κ1) is 23.6. The van der Waals surface area contributed by atoms with Crippen molar-refractivity contribution in [3.8, 4) is 33.8 Å². The molecule has 3 heterocycles. The average Bonchev–Trinajstić information content (AvgIpc) is 3.66. The Morgan fingerprint density at radius 3 is 1.84 bits per heavy atom. The van der Waals surface area contributed by atoms with Crippen LogP contribution in [-0.4, -0.2) is 9.97 Å². The van der Waals surface area contributed by atoms with Gasteiger partial charge >= 0.3 is 0 Å². The van der Waals surface area contributed by atoms with Crippen LogP contribution in [0.3, 0.4) is 0 Å². The number of fused-ring (bicyclic) bond motifs is 6. The van der Waals surface area contributed by atoms with E-state index in [1.165, 1.54) is 32.3 Å². The van der Waals surface area contributed by atoms with Crippen molar-refractivity contribution in [1.82, 2.24) is 9.97 Å². The molecule has 44 heavy (non-hydrogen) atoms. The van der Waals surface area contributed by atoms with Crippen LogP contribution in [-0.2, 0) is 0 Å². The number of hydrogen-bond donors (Lipinski definition) is 0. The van der Waals surface area contributed by atoms with E-state index in [1.807, 2.05) is 48.5 Å². The topological polar surface area (TPSA) is 52.1 Å². The van der Waals surface area contributed by atoms with E-state index >= 15 is 0 Å². The van der Waals surface area contributed by atoms with Gasteiger partial charge in [0.1, 0.15) is 28.0 Å². The van der Waals surface area contributed by atoms with Gasteiger partial charge in [-0.2, -0.15) is 0 Å². The van der Waals surface area contributed by atoms with Gasteiger partial charge < -0.3 is 8.83 Å². The lowest BCUT2D eigenvalue weighted by atomic mass is 9.89. The maximum Gasteiger partial charge on any atom is 0.180 e. The van der Waals surface area contributed by atoms with Crippen molar-refractivity contribution in [2.45, 2.75) is 0 Å². The van der Waals surface area contributed by atoms with Gasteiger partial charge in [-0.3, -0.25) is 0 Å². The fourth-order valence-electron chi connectivity index (χ4n) is 6.92. The van der Waals surface area contributed by atoms with Gasteiger partial charge in [0, 0.05) is 27.3 Å². The average molecular weight is 563 g/mol. The number of hydrogen-bond acceptors (Lipinski definition) is 4. The van der Waals surface area contributed by atoms with Crippen molar-refractivity contribution in [2.24, 2.45) is 0 Å². The first-order valence-corrected chi connectivity index (χ1v) is 14.8. The maximum absolute atomic E-state index is 6.64. The lowest BCUT2D eigenvalue weighted by Crippen LogP contribution is -1.93. The molecule has 0 spiro atoms. The fourth-order valence-corrected chi connectivity index (χ4v) is 6.92. The molecule has 0 aliphatic carbocycles. The van der Waals surface area contributed by atoms with Crippen molar-refractivity contribution in [2.75, 3.05) is 0 Å². The summed E-state index contributed by atoms with van der Waals surface area (Å²) in [5.74, 6) is 0.680. The van der Waals surface area contributed by atoms with E-state index < -0.39 is 0 Å². The summed E-state index contributed by atoms with van der Waals surface area (Å²) in [4.78, 5) is 10.1. The summed E-state index contributed by atoms with van der Waals surface area (Å²) in [6, 6.07) is 46.0. The van der Waals surface area contributed by atoms with Crippen LogP contribution in [0.5, 0.6) is 0 Å². The zero-order chi connectivity index (χ0) is 28.8. The number of aromatic nitrogens is 2. The van der Waals surface area contributed by atoms with Crippen LogP contribution in [0.15, 0.2) is 142 Å². The molecular weight excluding hydrogens is 540 g/mol. The predicted molar refractivity (Wildman–Crippen MR) is 179 cm³/mol. The monoisotopic (exact) mass is 562 g/mol. The molecule has 10 rings (SSSR count). The van der Waals surface area contributed by atoms with Crippen molar-refractivity contribution in [3.63, 3.8) is 0 Å². The van der Waals surface area contributed by atoms with Crippen LogP contribution in [0.25, 0.3) is 99.3 Å². The molecule has 0 N–H and O–H groups in total. The van der Waals surface area contributed by atoms with E-state index in [0.717, 1.165) is 55.6 Å². The molecule has 4 nitrogen and oxygen atoms in total. The van der Waals surface area contributed by atoms with Crippen molar-refractivity contribution in [3.05, 3.63) is 133 Å². The molecule has 7 aromatic carbocycles. The van der Waals surface area contributed by atoms with Crippen molar-refractivity contribution < 1.29 is 8.83 Å². The summed E-state index contributed by atoms with van der Waals surface area (Å²) in [7, 11) is 0. The molecule has 0 fully saturated rings. The molecule has 0 aliphatic heterocycles. The van der Waals surface area contributed by atoms with Crippen molar-refractivity contribution in [1.29, 1.82) is 0 Å². The Bertz CT molecular complexity index is 2700. The van der Waals surface area contributed by atoms with Crippen LogP contribution in [0.4, 0.5) is 0 Å². The molecule has 0 saturated heterocycles. The van der Waals surface area contributed by atoms with E-state index in [1.54, 1.807) is 0 Å². The molecule has 0 amide bonds. The lowest BCUT2D eigenvalue weighted by Gasteiger charge is -2.13. The molecule has 0 saturated carbocycles. The third-order valence-electron chi connectivity index (χ3n) is 8.85. The normalized spacial score (nSPS) is 12.1. The minimum Gasteiger partial charge on any atom is -0.456 e. The smallest absolute Gasteiger partial charge is 0.180 e. The molecule has 4 heteroatoms. The highest BCUT2D eigenvalue weighted by Crippen LogP contribution is 2.46. The number of rotatable bonds is 3. The third-order valence-corrected chi connectivity index (χ3v) is 8.85. The quantitative estimate of drug-likeness (QED) is 0.201. The highest BCUT2D eigenvalue weighted by Gasteiger charge is 2.21. The van der Waals surface area contributed by atoms with Crippen LogP contribution in [0.2, 0.25) is 0 Å². The standard InChI is InChI=1S/C40H22N2O2/c1-3-10-23(11-4-1)37-39-38(42-40(41-37)24-12-5-2-6-13-24)29-21-20-25(22-33(29)44-39)26-14-7-15-27-28-16-8-18-31-35(28)36-30(34(26)27)17-9-19-32(36)43-31/h1-22H. The summed E-state index contributed by atoms with van der Waals surface area (Å²) >= 11 is 0. The van der Waals surface area contributed by atoms with Gasteiger partial charge in [-0.05, 0) is 56.9 Å². The van der Waals surface area contributed by atoms with Crippen LogP contribution < -0.4 is 0 Å². The van der Waals surface area contributed by atoms with E-state index in [9.17, 15) is 0 Å². The summed E-state index contributed by atoms with van der Waals surface area (Å²) in [5.41, 5.74) is 9.12. The van der Waals surface area contributed by atoms with E-state index in [0.29, 0.717) is 11.4 Å². The zero-order valence-electron chi connectivity index (χ0n) is 23.4. The lowest BCUT2D eigenvalue weighted by molar-refractivity contribution is 0.667. The predicted octanol–water partition coefficient (Wildman–Crippen LogP) is 11.0. The molecule has 0 bridgehead atoms. The van der Waals surface area contributed by atoms with Crippen LogP contribution >= 0.6 is 0 Å². The second-order valence-corrected chi connectivity index (χ2v) is 11.3. The van der Waals surface area contributed by atoms with E-state index in [4.69, 9.17) is 18.8 Å². The molecule has 0 atom stereocenters. The van der Waals surface area contributed by atoms with Gasteiger partial charge in [-0.1, -0.05) is 109 Å². The SMILES string of the molecule is c1ccc(-c2nc(-c3ccccc3)c3oc4cc(-c5cccc6c7cccc8oc9cccc(c56)c9c87)ccc4c3n2)cc1. The molecule has 3 aromatic heterocycles. The highest BCUT2D eigenvalue weighted by molar-refractivity contribution is 6.35. The van der Waals surface area contributed by atoms with Gasteiger partial charge in [0.15, 0.2) is 11.4 Å². The van der Waals surface area contributed by atoms with E-state index in [-0.39, 0.29) is 0 Å². The second-order valence-electron chi connectivity index (χ2n) is 11.3. The minimum absolute atomic E-state index is 0.680. The van der Waals surface area contributed by atoms with Gasteiger partial charge in [-0.25, -0.2) is 9.97 Å². The number of furan rings is 2. The summed E-state index contributed by atoms with van der Waals surface area (Å²) < 4.78 is 12.9. The Kier molecular flexibility index (Phi) is 4.69. The summed E-state index contributed by atoms with van der Waals surface area (Å²) in [6.45, 7) is 0. The zero-order valence-corrected chi connectivity index (χ0v) is 23.4. The summed E-state index contributed by atoms with van der Waals surface area (Å²) in [5, 5.41) is 8.16. The molecular formula is C40H22N2O2. The first-order valence-electron chi connectivity index (χ1n) is 14.8. The Morgan fingerprint density at radius 1 is 0.409 bits per heavy atom. The molecule has 0 radical (unpaired) electrons. The largest absolute Gasteiger partial charge is 0.456 e. The molecule has 204 valence electrons. The molecule has 0 aliphatic rings. The number of nitrogens with zero attached hydrogens (tertiary/aromatic N) is 2. The first-order chi connectivity index (χ1) is 21.8. The summed E-state index contributed by atoms with van der Waals surface area (Å²) in [6.07, 6.45) is 0. The second kappa shape index (κ2) is 8.76. The molecule has 10 aromatic rings. The van der Waals surface area contributed by atoms with Gasteiger partial charge in [0.05, 0.1) is 0 Å². The van der Waals surface area contributed by atoms with E-state index in [2.05, 4.69) is 84.9 Å². The van der Waals surface area contributed by atoms with Gasteiger partial charge in [0.2, 0.25) is 0 Å². The Labute approximate surface area is 251 Å². The minimum atomic E-state index is 0.680. The van der Waals surface area contributed by atoms with Crippen molar-refractivity contribution >= 4 is 65.6 Å². The Balaban J connectivity index is 1.26. The Hall–Kier alpha value is -6.00. The number of benzene rings is 7. The van der Waals surface area contributed by atoms with Crippen LogP contribution in [0, 0.1) is 0 Å². The van der Waals surface area contributed by atoms with Gasteiger partial charge in [-0.15, -0.1) is 0 Å². The van der Waals surface area contributed by atoms with Crippen LogP contribution in [0.1, 0.15) is 0 Å². The van der Waals surface area contributed by atoms with Gasteiger partial charge in [0.25, 0.3) is 0 Å². The molecule has 0 unspecified atom stereocenters. The maximum atomic E-state index is 6.64. The fraction of sp³-hybridized carbons (Fsp3) is 0. The highest BCUT2D eigenvalue weighted by atomic mass is 16.3. The third kappa shape index (κ3) is 3.22.